The monoisotopic (exact) mass is 207 g/mol. The highest BCUT2D eigenvalue weighted by molar-refractivity contribution is 5.58. The third kappa shape index (κ3) is 1.92. The fraction of sp³-hybridized carbons (Fsp3) is 0.500. The van der Waals surface area contributed by atoms with Crippen LogP contribution in [-0.4, -0.2) is 10.2 Å². The minimum atomic E-state index is -0.528. The quantitative estimate of drug-likeness (QED) is 0.514. The number of hydrogen-bond acceptors (Lipinski definition) is 3. The average Bonchev–Trinajstić information content (AvgIpc) is 2.74. The first kappa shape index (κ1) is 10.3. The minimum Gasteiger partial charge on any atom is -0.506 e. The molecule has 4 N–H and O–H groups in total. The lowest BCUT2D eigenvalue weighted by Crippen LogP contribution is -2.11. The van der Waals surface area contributed by atoms with Crippen LogP contribution in [0, 0.1) is 5.92 Å². The van der Waals surface area contributed by atoms with Gasteiger partial charge in [-0.1, -0.05) is 25.0 Å². The summed E-state index contributed by atoms with van der Waals surface area (Å²) in [5, 5.41) is 19.6. The van der Waals surface area contributed by atoms with Gasteiger partial charge in [0.05, 0.1) is 11.8 Å². The first-order valence-corrected chi connectivity index (χ1v) is 5.45. The van der Waals surface area contributed by atoms with E-state index in [0.29, 0.717) is 17.2 Å². The molecule has 0 bridgehead atoms. The zero-order valence-electron chi connectivity index (χ0n) is 8.69. The van der Waals surface area contributed by atoms with Crippen molar-refractivity contribution in [1.82, 2.24) is 0 Å². The predicted octanol–water partition coefficient (Wildman–Crippen LogP) is 2.20. The van der Waals surface area contributed by atoms with E-state index in [1.165, 1.54) is 12.8 Å². The molecule has 0 aliphatic heterocycles. The van der Waals surface area contributed by atoms with Crippen molar-refractivity contribution < 1.29 is 10.2 Å². The Hall–Kier alpha value is -1.22. The Bertz CT molecular complexity index is 345. The van der Waals surface area contributed by atoms with E-state index in [2.05, 4.69) is 0 Å². The smallest absolute Gasteiger partial charge is 0.138 e. The van der Waals surface area contributed by atoms with Gasteiger partial charge in [-0.3, -0.25) is 0 Å². The van der Waals surface area contributed by atoms with Crippen LogP contribution in [0.2, 0.25) is 0 Å². The zero-order chi connectivity index (χ0) is 10.8. The highest BCUT2D eigenvalue weighted by atomic mass is 16.3. The van der Waals surface area contributed by atoms with Crippen LogP contribution >= 0.6 is 0 Å². The summed E-state index contributed by atoms with van der Waals surface area (Å²) in [6.45, 7) is 0. The molecule has 1 aromatic rings. The minimum absolute atomic E-state index is 0.0598. The molecule has 1 atom stereocenters. The average molecular weight is 207 g/mol. The first-order valence-electron chi connectivity index (χ1n) is 5.45. The van der Waals surface area contributed by atoms with Crippen molar-refractivity contribution >= 4 is 5.69 Å². The number of nitrogens with two attached hydrogens (primary N) is 1. The van der Waals surface area contributed by atoms with Gasteiger partial charge in [-0.15, -0.1) is 0 Å². The molecule has 0 aromatic heterocycles. The lowest BCUT2D eigenvalue weighted by molar-refractivity contribution is 0.112. The second-order valence-corrected chi connectivity index (χ2v) is 4.27. The van der Waals surface area contributed by atoms with E-state index in [1.807, 2.05) is 0 Å². The Labute approximate surface area is 89.5 Å². The van der Waals surface area contributed by atoms with Crippen molar-refractivity contribution in [3.8, 4) is 5.75 Å². The molecule has 0 radical (unpaired) electrons. The number of phenols is 1. The Balaban J connectivity index is 2.24. The van der Waals surface area contributed by atoms with Gasteiger partial charge in [-0.25, -0.2) is 0 Å². The van der Waals surface area contributed by atoms with E-state index in [9.17, 15) is 10.2 Å². The number of benzene rings is 1. The molecule has 1 fully saturated rings. The van der Waals surface area contributed by atoms with Crippen LogP contribution in [-0.2, 0) is 0 Å². The molecule has 2 rings (SSSR count). The van der Waals surface area contributed by atoms with E-state index < -0.39 is 6.10 Å². The fourth-order valence-corrected chi connectivity index (χ4v) is 2.36. The number of aliphatic hydroxyl groups is 1. The molecule has 1 aliphatic rings. The topological polar surface area (TPSA) is 66.5 Å². The molecular weight excluding hydrogens is 190 g/mol. The molecule has 15 heavy (non-hydrogen) atoms. The summed E-state index contributed by atoms with van der Waals surface area (Å²) >= 11 is 0. The molecule has 82 valence electrons. The van der Waals surface area contributed by atoms with E-state index >= 15 is 0 Å². The summed E-state index contributed by atoms with van der Waals surface area (Å²) in [6.07, 6.45) is 3.94. The van der Waals surface area contributed by atoms with Crippen molar-refractivity contribution in [3.63, 3.8) is 0 Å². The van der Waals surface area contributed by atoms with Crippen LogP contribution in [0.1, 0.15) is 37.4 Å². The SMILES string of the molecule is Nc1c(O)cccc1C(O)C1CCCC1. The molecule has 0 amide bonds. The maximum atomic E-state index is 10.1. The number of aliphatic hydroxyl groups excluding tert-OH is 1. The highest BCUT2D eigenvalue weighted by Gasteiger charge is 2.26. The second-order valence-electron chi connectivity index (χ2n) is 4.27. The Morgan fingerprint density at radius 1 is 1.27 bits per heavy atom. The Morgan fingerprint density at radius 2 is 1.93 bits per heavy atom. The highest BCUT2D eigenvalue weighted by Crippen LogP contribution is 2.39. The van der Waals surface area contributed by atoms with Gasteiger partial charge in [0, 0.05) is 5.56 Å². The summed E-state index contributed by atoms with van der Waals surface area (Å²) in [7, 11) is 0. The molecule has 1 aliphatic carbocycles. The summed E-state index contributed by atoms with van der Waals surface area (Å²) in [5.41, 5.74) is 6.73. The molecule has 1 saturated carbocycles. The number of nitrogen functional groups attached to an aromatic ring is 1. The zero-order valence-corrected chi connectivity index (χ0v) is 8.69. The lowest BCUT2D eigenvalue weighted by Gasteiger charge is -2.19. The van der Waals surface area contributed by atoms with Gasteiger partial charge in [-0.2, -0.15) is 0 Å². The van der Waals surface area contributed by atoms with Gasteiger partial charge < -0.3 is 15.9 Å². The van der Waals surface area contributed by atoms with Gasteiger partial charge in [0.25, 0.3) is 0 Å². The van der Waals surface area contributed by atoms with Gasteiger partial charge in [0.1, 0.15) is 5.75 Å². The molecule has 1 unspecified atom stereocenters. The Morgan fingerprint density at radius 3 is 2.60 bits per heavy atom. The number of para-hydroxylation sites is 1. The molecule has 0 heterocycles. The van der Waals surface area contributed by atoms with E-state index in [0.717, 1.165) is 12.8 Å². The molecule has 3 heteroatoms. The third-order valence-corrected chi connectivity index (χ3v) is 3.28. The van der Waals surface area contributed by atoms with Crippen LogP contribution < -0.4 is 5.73 Å². The maximum Gasteiger partial charge on any atom is 0.138 e. The van der Waals surface area contributed by atoms with Crippen LogP contribution in [0.3, 0.4) is 0 Å². The third-order valence-electron chi connectivity index (χ3n) is 3.28. The first-order chi connectivity index (χ1) is 7.20. The van der Waals surface area contributed by atoms with E-state index in [4.69, 9.17) is 5.73 Å². The van der Waals surface area contributed by atoms with Gasteiger partial charge >= 0.3 is 0 Å². The van der Waals surface area contributed by atoms with Crippen LogP contribution in [0.5, 0.6) is 5.75 Å². The predicted molar refractivity (Wildman–Crippen MR) is 59.4 cm³/mol. The van der Waals surface area contributed by atoms with Crippen molar-refractivity contribution in [2.75, 3.05) is 5.73 Å². The van der Waals surface area contributed by atoms with Crippen molar-refractivity contribution in [1.29, 1.82) is 0 Å². The summed E-state index contributed by atoms with van der Waals surface area (Å²) in [4.78, 5) is 0. The maximum absolute atomic E-state index is 10.1. The van der Waals surface area contributed by atoms with Gasteiger partial charge in [-0.05, 0) is 24.8 Å². The number of aromatic hydroxyl groups is 1. The molecule has 0 spiro atoms. The largest absolute Gasteiger partial charge is 0.506 e. The second kappa shape index (κ2) is 4.11. The Kier molecular flexibility index (Phi) is 2.82. The molecule has 0 saturated heterocycles. The van der Waals surface area contributed by atoms with Crippen LogP contribution in [0.15, 0.2) is 18.2 Å². The molecule has 3 nitrogen and oxygen atoms in total. The normalized spacial score (nSPS) is 19.3. The molecular formula is C12H17NO2. The number of hydrogen-bond donors (Lipinski definition) is 3. The van der Waals surface area contributed by atoms with Gasteiger partial charge in [0.15, 0.2) is 0 Å². The fourth-order valence-electron chi connectivity index (χ4n) is 2.36. The van der Waals surface area contributed by atoms with Crippen molar-refractivity contribution in [3.05, 3.63) is 23.8 Å². The van der Waals surface area contributed by atoms with Gasteiger partial charge in [0.2, 0.25) is 0 Å². The standard InChI is InChI=1S/C12H17NO2/c13-11-9(6-3-7-10(11)14)12(15)8-4-1-2-5-8/h3,6-8,12,14-15H,1-2,4-5,13H2. The van der Waals surface area contributed by atoms with Crippen molar-refractivity contribution in [2.45, 2.75) is 31.8 Å². The summed E-state index contributed by atoms with van der Waals surface area (Å²) < 4.78 is 0. The number of rotatable bonds is 2. The van der Waals surface area contributed by atoms with Crippen LogP contribution in [0.25, 0.3) is 0 Å². The summed E-state index contributed by atoms with van der Waals surface area (Å²) in [5.74, 6) is 0.360. The number of phenolic OH excluding ortho intramolecular Hbond substituents is 1. The molecule has 1 aromatic carbocycles. The lowest BCUT2D eigenvalue weighted by atomic mass is 9.93. The van der Waals surface area contributed by atoms with Crippen molar-refractivity contribution in [2.24, 2.45) is 5.92 Å². The van der Waals surface area contributed by atoms with E-state index in [1.54, 1.807) is 18.2 Å². The number of anilines is 1. The summed E-state index contributed by atoms with van der Waals surface area (Å²) in [6, 6.07) is 5.05. The van der Waals surface area contributed by atoms with E-state index in [-0.39, 0.29) is 5.75 Å². The van der Waals surface area contributed by atoms with Crippen LogP contribution in [0.4, 0.5) is 5.69 Å².